The van der Waals surface area contributed by atoms with Crippen LogP contribution in [0.15, 0.2) is 42.5 Å². The van der Waals surface area contributed by atoms with Crippen molar-refractivity contribution in [2.24, 2.45) is 0 Å². The van der Waals surface area contributed by atoms with Gasteiger partial charge in [-0.1, -0.05) is 24.3 Å². The van der Waals surface area contributed by atoms with Crippen LogP contribution in [0.5, 0.6) is 0 Å². The third-order valence-electron chi connectivity index (χ3n) is 5.21. The van der Waals surface area contributed by atoms with Crippen molar-refractivity contribution in [1.29, 1.82) is 0 Å². The summed E-state index contributed by atoms with van der Waals surface area (Å²) in [5.41, 5.74) is -0.582. The number of carbonyl (C=O) groups is 1. The Morgan fingerprint density at radius 2 is 1.63 bits per heavy atom. The summed E-state index contributed by atoms with van der Waals surface area (Å²) < 4.78 is 66.1. The molecule has 1 aliphatic rings. The second-order valence-corrected chi connectivity index (χ2v) is 7.27. The van der Waals surface area contributed by atoms with Crippen LogP contribution >= 0.6 is 0 Å². The highest BCUT2D eigenvalue weighted by Crippen LogP contribution is 2.30. The average Bonchev–Trinajstić information content (AvgIpc) is 2.70. The molecule has 4 nitrogen and oxygen atoms in total. The fourth-order valence-corrected chi connectivity index (χ4v) is 3.42. The molecule has 1 atom stereocenters. The van der Waals surface area contributed by atoms with Gasteiger partial charge in [0.25, 0.3) is 0 Å². The van der Waals surface area contributed by atoms with E-state index < -0.39 is 41.0 Å². The number of benzene rings is 2. The molecule has 0 aliphatic carbocycles. The summed E-state index contributed by atoms with van der Waals surface area (Å²) in [6, 6.07) is 7.97. The van der Waals surface area contributed by atoms with Gasteiger partial charge in [0.1, 0.15) is 17.3 Å². The molecule has 2 aromatic carbocycles. The number of anilines is 1. The molecule has 0 bridgehead atoms. The molecule has 162 valence electrons. The van der Waals surface area contributed by atoms with Gasteiger partial charge >= 0.3 is 6.18 Å². The summed E-state index contributed by atoms with van der Waals surface area (Å²) in [7, 11) is 0. The minimum Gasteiger partial charge on any atom is -0.320 e. The Kier molecular flexibility index (Phi) is 6.72. The van der Waals surface area contributed by atoms with Crippen molar-refractivity contribution in [2.75, 3.05) is 31.5 Å². The van der Waals surface area contributed by atoms with Crippen molar-refractivity contribution < 1.29 is 26.7 Å². The topological polar surface area (TPSA) is 35.6 Å². The van der Waals surface area contributed by atoms with Crippen LogP contribution in [0.3, 0.4) is 0 Å². The van der Waals surface area contributed by atoms with Crippen LogP contribution < -0.4 is 5.32 Å². The van der Waals surface area contributed by atoms with E-state index in [0.29, 0.717) is 38.3 Å². The van der Waals surface area contributed by atoms with Crippen LogP contribution in [0.2, 0.25) is 0 Å². The van der Waals surface area contributed by atoms with Crippen LogP contribution in [0.1, 0.15) is 18.1 Å². The van der Waals surface area contributed by atoms with E-state index in [1.807, 2.05) is 9.80 Å². The molecule has 0 aromatic heterocycles. The summed E-state index contributed by atoms with van der Waals surface area (Å²) in [4.78, 5) is 16.3. The second kappa shape index (κ2) is 9.09. The molecule has 3 rings (SSSR count). The average molecular weight is 427 g/mol. The number of nitrogens with one attached hydrogen (secondary N) is 1. The Bertz CT molecular complexity index is 874. The van der Waals surface area contributed by atoms with Crippen molar-refractivity contribution in [3.05, 3.63) is 65.2 Å². The van der Waals surface area contributed by atoms with Gasteiger partial charge in [0, 0.05) is 32.7 Å². The molecule has 1 unspecified atom stereocenters. The van der Waals surface area contributed by atoms with Gasteiger partial charge in [-0.3, -0.25) is 14.6 Å². The third kappa shape index (κ3) is 5.34. The van der Waals surface area contributed by atoms with Gasteiger partial charge in [-0.25, -0.2) is 8.78 Å². The van der Waals surface area contributed by atoms with Gasteiger partial charge in [-0.05, 0) is 30.7 Å². The van der Waals surface area contributed by atoms with Crippen LogP contribution in [0.25, 0.3) is 0 Å². The predicted molar refractivity (Wildman–Crippen MR) is 103 cm³/mol. The fourth-order valence-electron chi connectivity index (χ4n) is 3.42. The van der Waals surface area contributed by atoms with E-state index in [1.165, 1.54) is 12.1 Å². The SMILES string of the molecule is CC(C(=O)Nc1c(F)cccc1F)N1CCN(Cc2cccc(C(F)(F)F)c2)CC1. The first-order valence-corrected chi connectivity index (χ1v) is 9.52. The second-order valence-electron chi connectivity index (χ2n) is 7.27. The Morgan fingerprint density at radius 1 is 1.03 bits per heavy atom. The zero-order valence-corrected chi connectivity index (χ0v) is 16.3. The molecular weight excluding hydrogens is 405 g/mol. The van der Waals surface area contributed by atoms with Crippen molar-refractivity contribution in [3.8, 4) is 0 Å². The Hall–Kier alpha value is -2.52. The molecule has 9 heteroatoms. The molecule has 30 heavy (non-hydrogen) atoms. The van der Waals surface area contributed by atoms with E-state index in [9.17, 15) is 26.7 Å². The maximum absolute atomic E-state index is 13.7. The fraction of sp³-hybridized carbons (Fsp3) is 0.381. The molecule has 1 saturated heterocycles. The highest BCUT2D eigenvalue weighted by atomic mass is 19.4. The zero-order chi connectivity index (χ0) is 21.9. The standard InChI is InChI=1S/C21H22F5N3O/c1-14(20(30)27-19-17(22)6-3-7-18(19)23)29-10-8-28(9-11-29)13-15-4-2-5-16(12-15)21(24,25)26/h2-7,12,14H,8-11,13H2,1H3,(H,27,30). The number of piperazine rings is 1. The smallest absolute Gasteiger partial charge is 0.320 e. The minimum atomic E-state index is -4.38. The Morgan fingerprint density at radius 3 is 2.23 bits per heavy atom. The summed E-state index contributed by atoms with van der Waals surface area (Å²) in [6.07, 6.45) is -4.38. The van der Waals surface area contributed by atoms with Gasteiger partial charge in [-0.15, -0.1) is 0 Å². The largest absolute Gasteiger partial charge is 0.416 e. The number of halogens is 5. The normalized spacial score (nSPS) is 17.0. The van der Waals surface area contributed by atoms with E-state index in [2.05, 4.69) is 5.32 Å². The van der Waals surface area contributed by atoms with Gasteiger partial charge in [0.15, 0.2) is 0 Å². The molecule has 1 aliphatic heterocycles. The summed E-state index contributed by atoms with van der Waals surface area (Å²) in [5, 5.41) is 2.30. The highest BCUT2D eigenvalue weighted by Gasteiger charge is 2.31. The number of amides is 1. The lowest BCUT2D eigenvalue weighted by Crippen LogP contribution is -2.52. The quantitative estimate of drug-likeness (QED) is 0.729. The summed E-state index contributed by atoms with van der Waals surface area (Å²) in [6.45, 7) is 4.15. The number of carbonyl (C=O) groups excluding carboxylic acids is 1. The van der Waals surface area contributed by atoms with Crippen molar-refractivity contribution in [1.82, 2.24) is 9.80 Å². The van der Waals surface area contributed by atoms with E-state index >= 15 is 0 Å². The molecule has 2 aromatic rings. The predicted octanol–water partition coefficient (Wildman–Crippen LogP) is 4.13. The molecule has 1 amide bonds. The molecule has 0 saturated carbocycles. The van der Waals surface area contributed by atoms with Gasteiger partial charge in [0.05, 0.1) is 11.6 Å². The van der Waals surface area contributed by atoms with E-state index in [-0.39, 0.29) is 0 Å². The first-order valence-electron chi connectivity index (χ1n) is 9.52. The van der Waals surface area contributed by atoms with Crippen molar-refractivity contribution >= 4 is 11.6 Å². The molecule has 1 heterocycles. The monoisotopic (exact) mass is 427 g/mol. The van der Waals surface area contributed by atoms with Crippen LogP contribution in [-0.2, 0) is 17.5 Å². The molecule has 0 spiro atoms. The number of alkyl halides is 3. The number of hydrogen-bond acceptors (Lipinski definition) is 3. The molecular formula is C21H22F5N3O. The lowest BCUT2D eigenvalue weighted by atomic mass is 10.1. The first-order chi connectivity index (χ1) is 14.1. The number of para-hydroxylation sites is 1. The number of rotatable bonds is 5. The molecule has 1 fully saturated rings. The van der Waals surface area contributed by atoms with E-state index in [0.717, 1.165) is 24.3 Å². The van der Waals surface area contributed by atoms with Gasteiger partial charge in [0.2, 0.25) is 5.91 Å². The number of hydrogen-bond donors (Lipinski definition) is 1. The van der Waals surface area contributed by atoms with Crippen LogP contribution in [0, 0.1) is 11.6 Å². The maximum atomic E-state index is 13.7. The summed E-state index contributed by atoms with van der Waals surface area (Å²) >= 11 is 0. The Labute approximate surface area is 171 Å². The summed E-state index contributed by atoms with van der Waals surface area (Å²) in [5.74, 6) is -2.21. The van der Waals surface area contributed by atoms with Crippen LogP contribution in [-0.4, -0.2) is 47.9 Å². The highest BCUT2D eigenvalue weighted by molar-refractivity contribution is 5.94. The third-order valence-corrected chi connectivity index (χ3v) is 5.21. The lowest BCUT2D eigenvalue weighted by Gasteiger charge is -2.37. The molecule has 1 N–H and O–H groups in total. The van der Waals surface area contributed by atoms with E-state index in [1.54, 1.807) is 13.0 Å². The van der Waals surface area contributed by atoms with Crippen molar-refractivity contribution in [3.63, 3.8) is 0 Å². The van der Waals surface area contributed by atoms with Crippen LogP contribution in [0.4, 0.5) is 27.6 Å². The zero-order valence-electron chi connectivity index (χ0n) is 16.3. The first kappa shape index (κ1) is 22.2. The number of nitrogens with zero attached hydrogens (tertiary/aromatic N) is 2. The minimum absolute atomic E-state index is 0.374. The lowest BCUT2D eigenvalue weighted by molar-refractivity contribution is -0.137. The van der Waals surface area contributed by atoms with E-state index in [4.69, 9.17) is 0 Å². The van der Waals surface area contributed by atoms with Gasteiger partial charge < -0.3 is 5.32 Å². The van der Waals surface area contributed by atoms with Gasteiger partial charge in [-0.2, -0.15) is 13.2 Å². The Balaban J connectivity index is 1.54. The van der Waals surface area contributed by atoms with Crippen molar-refractivity contribution in [2.45, 2.75) is 25.7 Å². The molecule has 0 radical (unpaired) electrons. The maximum Gasteiger partial charge on any atom is 0.416 e.